The van der Waals surface area contributed by atoms with E-state index in [0.717, 1.165) is 38.7 Å². The van der Waals surface area contributed by atoms with Crippen molar-refractivity contribution in [2.24, 2.45) is 5.92 Å². The molecule has 0 saturated carbocycles. The summed E-state index contributed by atoms with van der Waals surface area (Å²) in [6.45, 7) is 7.44. The molecule has 2 amide bonds. The molecule has 5 nitrogen and oxygen atoms in total. The number of ether oxygens (including phenoxy) is 1. The van der Waals surface area contributed by atoms with Gasteiger partial charge < -0.3 is 15.0 Å². The summed E-state index contributed by atoms with van der Waals surface area (Å²) in [5.41, 5.74) is 0. The van der Waals surface area contributed by atoms with E-state index in [1.165, 1.54) is 0 Å². The SMILES string of the molecule is CCCC1C(=O)NC(C(C)CC)C(=O)N1CC1CCCO1. The molecule has 4 unspecified atom stereocenters. The molecular weight excluding hydrogens is 268 g/mol. The third-order valence-corrected chi connectivity index (χ3v) is 4.73. The summed E-state index contributed by atoms with van der Waals surface area (Å²) in [5, 5.41) is 2.94. The molecule has 2 aliphatic heterocycles. The third kappa shape index (κ3) is 3.57. The third-order valence-electron chi connectivity index (χ3n) is 4.73. The van der Waals surface area contributed by atoms with Gasteiger partial charge in [0.1, 0.15) is 12.1 Å². The average Bonchev–Trinajstić information content (AvgIpc) is 2.98. The first-order valence-corrected chi connectivity index (χ1v) is 8.30. The van der Waals surface area contributed by atoms with E-state index in [1.807, 2.05) is 20.8 Å². The molecule has 120 valence electrons. The molecule has 2 fully saturated rings. The highest BCUT2D eigenvalue weighted by molar-refractivity contribution is 5.97. The van der Waals surface area contributed by atoms with Crippen molar-refractivity contribution in [3.05, 3.63) is 0 Å². The van der Waals surface area contributed by atoms with E-state index in [1.54, 1.807) is 4.90 Å². The van der Waals surface area contributed by atoms with Crippen molar-refractivity contribution < 1.29 is 14.3 Å². The summed E-state index contributed by atoms with van der Waals surface area (Å²) >= 11 is 0. The monoisotopic (exact) mass is 296 g/mol. The van der Waals surface area contributed by atoms with Crippen LogP contribution in [0.25, 0.3) is 0 Å². The first kappa shape index (κ1) is 16.3. The van der Waals surface area contributed by atoms with E-state index >= 15 is 0 Å². The van der Waals surface area contributed by atoms with Gasteiger partial charge >= 0.3 is 0 Å². The second kappa shape index (κ2) is 7.25. The van der Waals surface area contributed by atoms with Gasteiger partial charge in [-0.3, -0.25) is 9.59 Å². The lowest BCUT2D eigenvalue weighted by atomic mass is 9.93. The Morgan fingerprint density at radius 1 is 1.38 bits per heavy atom. The lowest BCUT2D eigenvalue weighted by Gasteiger charge is -2.41. The Kier molecular flexibility index (Phi) is 5.62. The first-order valence-electron chi connectivity index (χ1n) is 8.30. The van der Waals surface area contributed by atoms with Crippen LogP contribution in [0.15, 0.2) is 0 Å². The smallest absolute Gasteiger partial charge is 0.246 e. The zero-order valence-corrected chi connectivity index (χ0v) is 13.4. The van der Waals surface area contributed by atoms with Crippen molar-refractivity contribution in [1.82, 2.24) is 10.2 Å². The van der Waals surface area contributed by atoms with Crippen LogP contribution in [0.2, 0.25) is 0 Å². The van der Waals surface area contributed by atoms with Crippen molar-refractivity contribution in [3.63, 3.8) is 0 Å². The highest BCUT2D eigenvalue weighted by atomic mass is 16.5. The summed E-state index contributed by atoms with van der Waals surface area (Å²) in [5.74, 6) is 0.230. The van der Waals surface area contributed by atoms with Crippen LogP contribution in [0, 0.1) is 5.92 Å². The molecule has 2 saturated heterocycles. The van der Waals surface area contributed by atoms with E-state index in [4.69, 9.17) is 4.74 Å². The number of nitrogens with one attached hydrogen (secondary N) is 1. The van der Waals surface area contributed by atoms with Gasteiger partial charge in [-0.1, -0.05) is 33.6 Å². The predicted molar refractivity (Wildman–Crippen MR) is 80.8 cm³/mol. The molecular formula is C16H28N2O3. The van der Waals surface area contributed by atoms with Crippen molar-refractivity contribution in [2.75, 3.05) is 13.2 Å². The Hall–Kier alpha value is -1.10. The first-order chi connectivity index (χ1) is 10.1. The van der Waals surface area contributed by atoms with E-state index in [9.17, 15) is 9.59 Å². The van der Waals surface area contributed by atoms with Crippen molar-refractivity contribution >= 4 is 11.8 Å². The van der Waals surface area contributed by atoms with Crippen LogP contribution >= 0.6 is 0 Å². The fourth-order valence-electron chi connectivity index (χ4n) is 3.19. The molecule has 2 heterocycles. The topological polar surface area (TPSA) is 58.6 Å². The second-order valence-electron chi connectivity index (χ2n) is 6.30. The van der Waals surface area contributed by atoms with Crippen LogP contribution in [0.3, 0.4) is 0 Å². The average molecular weight is 296 g/mol. The summed E-state index contributed by atoms with van der Waals surface area (Å²) in [7, 11) is 0. The number of piperazine rings is 1. The molecule has 4 atom stereocenters. The van der Waals surface area contributed by atoms with Crippen LogP contribution in [-0.4, -0.2) is 48.1 Å². The molecule has 0 radical (unpaired) electrons. The molecule has 2 rings (SSSR count). The van der Waals surface area contributed by atoms with Crippen LogP contribution in [0.5, 0.6) is 0 Å². The fraction of sp³-hybridized carbons (Fsp3) is 0.875. The lowest BCUT2D eigenvalue weighted by molar-refractivity contribution is -0.152. The summed E-state index contributed by atoms with van der Waals surface area (Å²) in [6, 6.07) is -0.705. The van der Waals surface area contributed by atoms with E-state index in [0.29, 0.717) is 6.54 Å². The molecule has 5 heteroatoms. The number of hydrogen-bond acceptors (Lipinski definition) is 3. The summed E-state index contributed by atoms with van der Waals surface area (Å²) in [4.78, 5) is 27.0. The lowest BCUT2D eigenvalue weighted by Crippen LogP contribution is -2.65. The van der Waals surface area contributed by atoms with Gasteiger partial charge in [0.25, 0.3) is 0 Å². The molecule has 1 N–H and O–H groups in total. The standard InChI is InChI=1S/C16H28N2O3/c1-4-7-13-15(19)17-14(11(3)5-2)16(20)18(13)10-12-8-6-9-21-12/h11-14H,4-10H2,1-3H3,(H,17,19). The molecule has 2 aliphatic rings. The number of carbonyl (C=O) groups excluding carboxylic acids is 2. The van der Waals surface area contributed by atoms with Crippen LogP contribution in [0.1, 0.15) is 52.9 Å². The number of carbonyl (C=O) groups is 2. The van der Waals surface area contributed by atoms with Crippen LogP contribution < -0.4 is 5.32 Å². The minimum atomic E-state index is -0.378. The van der Waals surface area contributed by atoms with Gasteiger partial charge in [0.15, 0.2) is 0 Å². The summed E-state index contributed by atoms with van der Waals surface area (Å²) < 4.78 is 5.66. The molecule has 0 aromatic heterocycles. The van der Waals surface area contributed by atoms with Gasteiger partial charge in [-0.15, -0.1) is 0 Å². The Morgan fingerprint density at radius 3 is 2.71 bits per heavy atom. The van der Waals surface area contributed by atoms with E-state index in [2.05, 4.69) is 5.32 Å². The maximum absolute atomic E-state index is 12.8. The Morgan fingerprint density at radius 2 is 2.14 bits per heavy atom. The number of amides is 2. The van der Waals surface area contributed by atoms with Gasteiger partial charge in [0.05, 0.1) is 6.10 Å². The van der Waals surface area contributed by atoms with Gasteiger partial charge in [-0.25, -0.2) is 0 Å². The van der Waals surface area contributed by atoms with E-state index in [-0.39, 0.29) is 35.9 Å². The summed E-state index contributed by atoms with van der Waals surface area (Å²) in [6.07, 6.45) is 4.61. The Balaban J connectivity index is 2.14. The normalized spacial score (nSPS) is 31.4. The molecule has 0 bridgehead atoms. The highest BCUT2D eigenvalue weighted by Gasteiger charge is 2.42. The largest absolute Gasteiger partial charge is 0.376 e. The number of rotatable bonds is 6. The van der Waals surface area contributed by atoms with Crippen LogP contribution in [0.4, 0.5) is 0 Å². The molecule has 0 spiro atoms. The quantitative estimate of drug-likeness (QED) is 0.812. The minimum absolute atomic E-state index is 0.000234. The van der Waals surface area contributed by atoms with Gasteiger partial charge in [-0.05, 0) is 25.2 Å². The molecule has 0 aromatic carbocycles. The van der Waals surface area contributed by atoms with Crippen molar-refractivity contribution in [1.29, 1.82) is 0 Å². The van der Waals surface area contributed by atoms with E-state index < -0.39 is 0 Å². The Labute approximate surface area is 127 Å². The van der Waals surface area contributed by atoms with Gasteiger partial charge in [0, 0.05) is 13.2 Å². The number of nitrogens with zero attached hydrogens (tertiary/aromatic N) is 1. The molecule has 21 heavy (non-hydrogen) atoms. The zero-order chi connectivity index (χ0) is 15.4. The fourth-order valence-corrected chi connectivity index (χ4v) is 3.19. The molecule has 0 aliphatic carbocycles. The highest BCUT2D eigenvalue weighted by Crippen LogP contribution is 2.23. The maximum Gasteiger partial charge on any atom is 0.246 e. The minimum Gasteiger partial charge on any atom is -0.376 e. The predicted octanol–water partition coefficient (Wildman–Crippen LogP) is 1.71. The molecule has 0 aromatic rings. The van der Waals surface area contributed by atoms with Crippen LogP contribution in [-0.2, 0) is 14.3 Å². The zero-order valence-electron chi connectivity index (χ0n) is 13.4. The van der Waals surface area contributed by atoms with Gasteiger partial charge in [-0.2, -0.15) is 0 Å². The number of hydrogen-bond donors (Lipinski definition) is 1. The van der Waals surface area contributed by atoms with Crippen molar-refractivity contribution in [3.8, 4) is 0 Å². The maximum atomic E-state index is 12.8. The second-order valence-corrected chi connectivity index (χ2v) is 6.30. The van der Waals surface area contributed by atoms with Gasteiger partial charge in [0.2, 0.25) is 11.8 Å². The van der Waals surface area contributed by atoms with Crippen molar-refractivity contribution in [2.45, 2.75) is 71.1 Å². The Bertz CT molecular complexity index is 380.